The van der Waals surface area contributed by atoms with Crippen molar-refractivity contribution in [2.75, 3.05) is 19.6 Å². The minimum Gasteiger partial charge on any atom is -0.334 e. The molecule has 2 heterocycles. The van der Waals surface area contributed by atoms with Crippen LogP contribution in [0.25, 0.3) is 0 Å². The molecule has 2 unspecified atom stereocenters. The normalized spacial score (nSPS) is 25.3. The highest BCUT2D eigenvalue weighted by Gasteiger charge is 2.37. The summed E-state index contributed by atoms with van der Waals surface area (Å²) in [4.78, 5) is 24.7. The monoisotopic (exact) mass is 275 g/mol. The Morgan fingerprint density at radius 1 is 1.30 bits per heavy atom. The summed E-state index contributed by atoms with van der Waals surface area (Å²) in [6.07, 6.45) is 2.20. The first-order valence-electron chi connectivity index (χ1n) is 6.93. The molecule has 0 bridgehead atoms. The van der Waals surface area contributed by atoms with Crippen LogP contribution in [0.2, 0.25) is 0 Å². The van der Waals surface area contributed by atoms with Crippen molar-refractivity contribution in [2.24, 2.45) is 5.92 Å². The summed E-state index contributed by atoms with van der Waals surface area (Å²) in [5.74, 6) is 0.532. The first kappa shape index (κ1) is 13.1. The zero-order valence-electron chi connectivity index (χ0n) is 11.1. The van der Waals surface area contributed by atoms with Gasteiger partial charge < -0.3 is 10.2 Å². The summed E-state index contributed by atoms with van der Waals surface area (Å²) in [5.41, 5.74) is 0.545. The van der Waals surface area contributed by atoms with Gasteiger partial charge in [-0.05, 0) is 30.9 Å². The Labute approximate surface area is 116 Å². The molecule has 0 radical (unpaired) electrons. The van der Waals surface area contributed by atoms with E-state index < -0.39 is 4.92 Å². The topological polar surface area (TPSA) is 75.5 Å². The number of likely N-dealkylation sites (tertiary alicyclic amines) is 1. The molecule has 2 atom stereocenters. The number of nitrogens with zero attached hydrogens (tertiary/aromatic N) is 2. The van der Waals surface area contributed by atoms with Gasteiger partial charge in [-0.1, -0.05) is 0 Å². The number of carbonyl (C=O) groups is 1. The summed E-state index contributed by atoms with van der Waals surface area (Å²) in [7, 11) is 0. The van der Waals surface area contributed by atoms with Crippen LogP contribution >= 0.6 is 0 Å². The minimum atomic E-state index is -0.452. The van der Waals surface area contributed by atoms with Crippen molar-refractivity contribution in [2.45, 2.75) is 18.9 Å². The number of fused-ring (bicyclic) bond motifs is 1. The van der Waals surface area contributed by atoms with Crippen LogP contribution in [-0.4, -0.2) is 41.4 Å². The summed E-state index contributed by atoms with van der Waals surface area (Å²) in [6.45, 7) is 2.61. The van der Waals surface area contributed by atoms with Gasteiger partial charge in [-0.3, -0.25) is 14.9 Å². The van der Waals surface area contributed by atoms with E-state index in [1.807, 2.05) is 4.90 Å². The third-order valence-corrected chi connectivity index (χ3v) is 4.26. The van der Waals surface area contributed by atoms with Gasteiger partial charge >= 0.3 is 0 Å². The predicted octanol–water partition coefficient (Wildman–Crippen LogP) is 1.42. The van der Waals surface area contributed by atoms with Crippen molar-refractivity contribution in [1.29, 1.82) is 0 Å². The van der Waals surface area contributed by atoms with Crippen molar-refractivity contribution < 1.29 is 9.72 Å². The highest BCUT2D eigenvalue weighted by atomic mass is 16.6. The lowest BCUT2D eigenvalue weighted by Gasteiger charge is -2.37. The summed E-state index contributed by atoms with van der Waals surface area (Å²) in [5, 5.41) is 14.0. The van der Waals surface area contributed by atoms with Gasteiger partial charge in [0.25, 0.3) is 11.6 Å². The molecule has 1 aromatic carbocycles. The van der Waals surface area contributed by atoms with Crippen molar-refractivity contribution >= 4 is 11.6 Å². The van der Waals surface area contributed by atoms with Gasteiger partial charge in [-0.25, -0.2) is 0 Å². The predicted molar refractivity (Wildman–Crippen MR) is 73.5 cm³/mol. The zero-order valence-corrected chi connectivity index (χ0v) is 11.1. The maximum absolute atomic E-state index is 12.6. The molecule has 6 nitrogen and oxygen atoms in total. The van der Waals surface area contributed by atoms with Gasteiger partial charge in [0.15, 0.2) is 0 Å². The quantitative estimate of drug-likeness (QED) is 0.654. The molecule has 6 heteroatoms. The fourth-order valence-corrected chi connectivity index (χ4v) is 3.21. The molecule has 0 aromatic heterocycles. The third-order valence-electron chi connectivity index (χ3n) is 4.26. The van der Waals surface area contributed by atoms with Gasteiger partial charge in [0.05, 0.1) is 4.92 Å². The van der Waals surface area contributed by atoms with E-state index in [0.717, 1.165) is 26.1 Å². The maximum atomic E-state index is 12.6. The van der Waals surface area contributed by atoms with Crippen LogP contribution in [0, 0.1) is 16.0 Å². The Morgan fingerprint density at radius 3 is 2.75 bits per heavy atom. The average molecular weight is 275 g/mol. The Bertz CT molecular complexity index is 529. The molecule has 1 amide bonds. The van der Waals surface area contributed by atoms with Gasteiger partial charge in [0.2, 0.25) is 0 Å². The van der Waals surface area contributed by atoms with E-state index in [9.17, 15) is 14.9 Å². The van der Waals surface area contributed by atoms with Crippen LogP contribution in [0.15, 0.2) is 24.3 Å². The second-order valence-electron chi connectivity index (χ2n) is 5.43. The molecule has 0 spiro atoms. The van der Waals surface area contributed by atoms with E-state index in [0.29, 0.717) is 11.5 Å². The SMILES string of the molecule is O=C(c1ccc([N+](=O)[O-])cc1)N1CCCC2CNCC21. The number of benzene rings is 1. The van der Waals surface area contributed by atoms with Crippen LogP contribution < -0.4 is 5.32 Å². The number of piperidine rings is 1. The first-order valence-corrected chi connectivity index (χ1v) is 6.93. The molecule has 0 aliphatic carbocycles. The van der Waals surface area contributed by atoms with E-state index in [4.69, 9.17) is 0 Å². The number of hydrogen-bond acceptors (Lipinski definition) is 4. The molecular formula is C14H17N3O3. The van der Waals surface area contributed by atoms with Gasteiger partial charge in [0, 0.05) is 43.4 Å². The average Bonchev–Trinajstić information content (AvgIpc) is 2.95. The van der Waals surface area contributed by atoms with Crippen molar-refractivity contribution in [1.82, 2.24) is 10.2 Å². The number of nitrogens with one attached hydrogen (secondary N) is 1. The first-order chi connectivity index (χ1) is 9.66. The lowest BCUT2D eigenvalue weighted by atomic mass is 9.91. The lowest BCUT2D eigenvalue weighted by molar-refractivity contribution is -0.384. The van der Waals surface area contributed by atoms with Crippen LogP contribution in [-0.2, 0) is 0 Å². The Hall–Kier alpha value is -1.95. The molecule has 3 rings (SSSR count). The van der Waals surface area contributed by atoms with Gasteiger partial charge in [-0.2, -0.15) is 0 Å². The number of amides is 1. The summed E-state index contributed by atoms with van der Waals surface area (Å²) < 4.78 is 0. The van der Waals surface area contributed by atoms with Crippen molar-refractivity contribution in [3.05, 3.63) is 39.9 Å². The van der Waals surface area contributed by atoms with Gasteiger partial charge in [-0.15, -0.1) is 0 Å². The highest BCUT2D eigenvalue weighted by molar-refractivity contribution is 5.94. The minimum absolute atomic E-state index is 0.0144. The molecule has 0 saturated carbocycles. The second kappa shape index (κ2) is 5.20. The number of carbonyl (C=O) groups excluding carboxylic acids is 1. The molecule has 1 N–H and O–H groups in total. The molecule has 2 aliphatic heterocycles. The number of nitro groups is 1. The lowest BCUT2D eigenvalue weighted by Crippen LogP contribution is -2.48. The smallest absolute Gasteiger partial charge is 0.269 e. The fourth-order valence-electron chi connectivity index (χ4n) is 3.21. The summed E-state index contributed by atoms with van der Waals surface area (Å²) in [6, 6.07) is 6.15. The number of rotatable bonds is 2. The fraction of sp³-hybridized carbons (Fsp3) is 0.500. The molecular weight excluding hydrogens is 258 g/mol. The molecule has 20 heavy (non-hydrogen) atoms. The van der Waals surface area contributed by atoms with E-state index in [2.05, 4.69) is 5.32 Å². The Morgan fingerprint density at radius 2 is 2.05 bits per heavy atom. The van der Waals surface area contributed by atoms with Crippen molar-refractivity contribution in [3.8, 4) is 0 Å². The van der Waals surface area contributed by atoms with Crippen LogP contribution in [0.4, 0.5) is 5.69 Å². The van der Waals surface area contributed by atoms with Crippen LogP contribution in [0.3, 0.4) is 0 Å². The molecule has 2 aliphatic rings. The highest BCUT2D eigenvalue weighted by Crippen LogP contribution is 2.28. The van der Waals surface area contributed by atoms with Crippen LogP contribution in [0.1, 0.15) is 23.2 Å². The number of non-ortho nitro benzene ring substituents is 1. The largest absolute Gasteiger partial charge is 0.334 e. The zero-order chi connectivity index (χ0) is 14.1. The molecule has 2 fully saturated rings. The maximum Gasteiger partial charge on any atom is 0.269 e. The van der Waals surface area contributed by atoms with E-state index in [1.165, 1.54) is 18.6 Å². The molecule has 2 saturated heterocycles. The van der Waals surface area contributed by atoms with E-state index in [1.54, 1.807) is 12.1 Å². The Kier molecular flexibility index (Phi) is 3.40. The van der Waals surface area contributed by atoms with Crippen molar-refractivity contribution in [3.63, 3.8) is 0 Å². The Balaban J connectivity index is 1.79. The standard InChI is InChI=1S/C14H17N3O3/c18-14(10-3-5-12(6-4-10)17(19)20)16-7-1-2-11-8-15-9-13(11)16/h3-6,11,13,15H,1-2,7-9H2. The number of nitro benzene ring substituents is 1. The van der Waals surface area contributed by atoms with E-state index >= 15 is 0 Å². The second-order valence-corrected chi connectivity index (χ2v) is 5.43. The summed E-state index contributed by atoms with van der Waals surface area (Å²) >= 11 is 0. The van der Waals surface area contributed by atoms with Crippen LogP contribution in [0.5, 0.6) is 0 Å². The van der Waals surface area contributed by atoms with Gasteiger partial charge in [0.1, 0.15) is 0 Å². The number of hydrogen-bond donors (Lipinski definition) is 1. The third kappa shape index (κ3) is 2.27. The molecule has 106 valence electrons. The van der Waals surface area contributed by atoms with E-state index in [-0.39, 0.29) is 17.6 Å². The molecule has 1 aromatic rings.